The first-order valence-electron chi connectivity index (χ1n) is 5.08. The van der Waals surface area contributed by atoms with Crippen molar-refractivity contribution in [2.24, 2.45) is 5.73 Å². The van der Waals surface area contributed by atoms with Crippen molar-refractivity contribution in [3.63, 3.8) is 0 Å². The Hall–Kier alpha value is -1.63. The number of hydrogen-bond acceptors (Lipinski definition) is 4. The Labute approximate surface area is 99.7 Å². The Morgan fingerprint density at radius 1 is 1.12 bits per heavy atom. The molecule has 0 fully saturated rings. The molecule has 0 saturated heterocycles. The molecule has 0 aromatic heterocycles. The normalized spacial score (nSPS) is 11.8. The van der Waals surface area contributed by atoms with Crippen LogP contribution < -0.4 is 16.4 Å². The van der Waals surface area contributed by atoms with E-state index in [1.54, 1.807) is 0 Å². The molecule has 0 aliphatic carbocycles. The number of carboxylic acid groups (broad SMARTS) is 1. The van der Waals surface area contributed by atoms with Crippen molar-refractivity contribution in [2.75, 3.05) is 6.54 Å². The van der Waals surface area contributed by atoms with Crippen molar-refractivity contribution in [1.82, 2.24) is 10.6 Å². The third kappa shape index (κ3) is 5.30. The minimum atomic E-state index is -1.22. The topological polar surface area (TPSA) is 122 Å². The fraction of sp³-hybridized carbons (Fsp3) is 0.700. The highest BCUT2D eigenvalue weighted by molar-refractivity contribution is 5.94. The van der Waals surface area contributed by atoms with Crippen LogP contribution in [0.4, 0.5) is 0 Å². The van der Waals surface area contributed by atoms with Crippen LogP contribution in [0.5, 0.6) is 0 Å². The van der Waals surface area contributed by atoms with E-state index in [2.05, 4.69) is 10.6 Å². The molecule has 17 heavy (non-hydrogen) atoms. The molecule has 0 spiro atoms. The molecule has 0 aromatic carbocycles. The molecule has 0 aliphatic heterocycles. The molecule has 2 amide bonds. The van der Waals surface area contributed by atoms with Crippen LogP contribution in [0.15, 0.2) is 0 Å². The fourth-order valence-corrected chi connectivity index (χ4v) is 0.879. The van der Waals surface area contributed by atoms with Gasteiger partial charge in [0.05, 0.1) is 5.54 Å². The van der Waals surface area contributed by atoms with E-state index >= 15 is 0 Å². The molecule has 98 valence electrons. The summed E-state index contributed by atoms with van der Waals surface area (Å²) in [5.74, 6) is -2.23. The second kappa shape index (κ2) is 5.13. The van der Waals surface area contributed by atoms with Gasteiger partial charge in [-0.25, -0.2) is 0 Å². The Kier molecular flexibility index (Phi) is 4.64. The maximum absolute atomic E-state index is 11.6. The molecule has 0 unspecified atom stereocenters. The standard InChI is InChI=1S/C10H19N3O4/c1-9(2,11)7(16)13-10(3,4)8(17)12-5-6(14)15/h5,11H2,1-4H3,(H,12,17)(H,13,16)(H,14,15). The van der Waals surface area contributed by atoms with E-state index in [1.807, 2.05) is 0 Å². The number of carbonyl (C=O) groups excluding carboxylic acids is 2. The van der Waals surface area contributed by atoms with Crippen LogP contribution in [0.1, 0.15) is 27.7 Å². The highest BCUT2D eigenvalue weighted by atomic mass is 16.4. The van der Waals surface area contributed by atoms with Gasteiger partial charge in [-0.3, -0.25) is 14.4 Å². The summed E-state index contributed by atoms with van der Waals surface area (Å²) < 4.78 is 0. The van der Waals surface area contributed by atoms with Gasteiger partial charge in [0.15, 0.2) is 0 Å². The van der Waals surface area contributed by atoms with Crippen LogP contribution in [-0.4, -0.2) is 40.5 Å². The minimum Gasteiger partial charge on any atom is -0.480 e. The van der Waals surface area contributed by atoms with Crippen molar-refractivity contribution in [2.45, 2.75) is 38.8 Å². The number of amides is 2. The van der Waals surface area contributed by atoms with Gasteiger partial charge in [0.2, 0.25) is 11.8 Å². The van der Waals surface area contributed by atoms with Gasteiger partial charge in [-0.15, -0.1) is 0 Å². The zero-order chi connectivity index (χ0) is 13.9. The summed E-state index contributed by atoms with van der Waals surface area (Å²) in [7, 11) is 0. The molecule has 0 aromatic rings. The van der Waals surface area contributed by atoms with Crippen LogP contribution in [0.25, 0.3) is 0 Å². The Balaban J connectivity index is 4.52. The van der Waals surface area contributed by atoms with E-state index in [1.165, 1.54) is 27.7 Å². The van der Waals surface area contributed by atoms with E-state index < -0.39 is 35.4 Å². The lowest BCUT2D eigenvalue weighted by Gasteiger charge is -2.28. The Morgan fingerprint density at radius 2 is 1.59 bits per heavy atom. The summed E-state index contributed by atoms with van der Waals surface area (Å²) in [5, 5.41) is 13.1. The van der Waals surface area contributed by atoms with Crippen molar-refractivity contribution >= 4 is 17.8 Å². The van der Waals surface area contributed by atoms with Crippen LogP contribution in [-0.2, 0) is 14.4 Å². The first-order chi connectivity index (χ1) is 7.47. The lowest BCUT2D eigenvalue weighted by atomic mass is 10.00. The predicted molar refractivity (Wildman–Crippen MR) is 61.1 cm³/mol. The van der Waals surface area contributed by atoms with Crippen molar-refractivity contribution in [1.29, 1.82) is 0 Å². The molecule has 0 aliphatic rings. The summed E-state index contributed by atoms with van der Waals surface area (Å²) >= 11 is 0. The number of nitrogens with one attached hydrogen (secondary N) is 2. The highest BCUT2D eigenvalue weighted by Gasteiger charge is 2.33. The van der Waals surface area contributed by atoms with Gasteiger partial charge in [0.1, 0.15) is 12.1 Å². The van der Waals surface area contributed by atoms with E-state index in [-0.39, 0.29) is 0 Å². The third-order valence-electron chi connectivity index (χ3n) is 1.98. The zero-order valence-electron chi connectivity index (χ0n) is 10.5. The largest absolute Gasteiger partial charge is 0.480 e. The molecule has 0 heterocycles. The number of hydrogen-bond donors (Lipinski definition) is 4. The Morgan fingerprint density at radius 3 is 1.94 bits per heavy atom. The lowest BCUT2D eigenvalue weighted by molar-refractivity contribution is -0.139. The molecule has 0 atom stereocenters. The van der Waals surface area contributed by atoms with Gasteiger partial charge in [-0.1, -0.05) is 0 Å². The van der Waals surface area contributed by atoms with Gasteiger partial charge < -0.3 is 21.5 Å². The smallest absolute Gasteiger partial charge is 0.322 e. The van der Waals surface area contributed by atoms with Gasteiger partial charge in [-0.05, 0) is 27.7 Å². The second-order valence-corrected chi connectivity index (χ2v) is 4.88. The average Bonchev–Trinajstić information content (AvgIpc) is 2.11. The SMILES string of the molecule is CC(C)(N)C(=O)NC(C)(C)C(=O)NCC(=O)O. The van der Waals surface area contributed by atoms with Crippen LogP contribution >= 0.6 is 0 Å². The minimum absolute atomic E-state index is 0.493. The molecule has 7 heteroatoms. The number of aliphatic carboxylic acids is 1. The highest BCUT2D eigenvalue weighted by Crippen LogP contribution is 2.05. The maximum Gasteiger partial charge on any atom is 0.322 e. The van der Waals surface area contributed by atoms with Crippen molar-refractivity contribution in [3.05, 3.63) is 0 Å². The second-order valence-electron chi connectivity index (χ2n) is 4.88. The molecular weight excluding hydrogens is 226 g/mol. The van der Waals surface area contributed by atoms with Crippen molar-refractivity contribution < 1.29 is 19.5 Å². The summed E-state index contributed by atoms with van der Waals surface area (Å²) in [4.78, 5) is 33.5. The first kappa shape index (κ1) is 15.4. The zero-order valence-corrected chi connectivity index (χ0v) is 10.5. The molecular formula is C10H19N3O4. The van der Waals surface area contributed by atoms with E-state index in [0.717, 1.165) is 0 Å². The number of carbonyl (C=O) groups is 3. The van der Waals surface area contributed by atoms with Gasteiger partial charge >= 0.3 is 5.97 Å². The number of rotatable bonds is 5. The van der Waals surface area contributed by atoms with Crippen LogP contribution in [0, 0.1) is 0 Å². The molecule has 5 N–H and O–H groups in total. The van der Waals surface area contributed by atoms with Gasteiger partial charge in [0, 0.05) is 0 Å². The summed E-state index contributed by atoms with van der Waals surface area (Å²) in [5.41, 5.74) is 3.24. The quantitative estimate of drug-likeness (QED) is 0.485. The van der Waals surface area contributed by atoms with Gasteiger partial charge in [0.25, 0.3) is 0 Å². The summed E-state index contributed by atoms with van der Waals surface area (Å²) in [6.45, 7) is 5.45. The van der Waals surface area contributed by atoms with Gasteiger partial charge in [-0.2, -0.15) is 0 Å². The lowest BCUT2D eigenvalue weighted by Crippen LogP contribution is -2.61. The Bertz CT molecular complexity index is 331. The maximum atomic E-state index is 11.6. The van der Waals surface area contributed by atoms with Crippen LogP contribution in [0.3, 0.4) is 0 Å². The monoisotopic (exact) mass is 245 g/mol. The van der Waals surface area contributed by atoms with E-state index in [9.17, 15) is 14.4 Å². The average molecular weight is 245 g/mol. The van der Waals surface area contributed by atoms with Crippen molar-refractivity contribution in [3.8, 4) is 0 Å². The fourth-order valence-electron chi connectivity index (χ4n) is 0.879. The molecule has 0 rings (SSSR count). The van der Waals surface area contributed by atoms with E-state index in [4.69, 9.17) is 10.8 Å². The van der Waals surface area contributed by atoms with E-state index in [0.29, 0.717) is 0 Å². The molecule has 0 radical (unpaired) electrons. The molecule has 0 bridgehead atoms. The third-order valence-corrected chi connectivity index (χ3v) is 1.98. The van der Waals surface area contributed by atoms with Crippen LogP contribution in [0.2, 0.25) is 0 Å². The molecule has 0 saturated carbocycles. The first-order valence-corrected chi connectivity index (χ1v) is 5.08. The summed E-state index contributed by atoms with van der Waals surface area (Å²) in [6.07, 6.45) is 0. The summed E-state index contributed by atoms with van der Waals surface area (Å²) in [6, 6.07) is 0. The molecule has 7 nitrogen and oxygen atoms in total. The number of carboxylic acids is 1. The number of nitrogens with two attached hydrogens (primary N) is 1. The predicted octanol–water partition coefficient (Wildman–Crippen LogP) is -1.18.